The predicted molar refractivity (Wildman–Crippen MR) is 86.9 cm³/mol. The summed E-state index contributed by atoms with van der Waals surface area (Å²) in [6.07, 6.45) is 3.55. The summed E-state index contributed by atoms with van der Waals surface area (Å²) < 4.78 is 26.8. The molecule has 5 nitrogen and oxygen atoms in total. The van der Waals surface area contributed by atoms with Crippen molar-refractivity contribution >= 4 is 10.0 Å². The average molecular weight is 317 g/mol. The molecule has 6 heteroatoms. The van der Waals surface area contributed by atoms with Gasteiger partial charge in [-0.1, -0.05) is 6.42 Å². The monoisotopic (exact) mass is 317 g/mol. The molecule has 1 unspecified atom stereocenters. The number of hydrogen-bond acceptors (Lipinski definition) is 4. The van der Waals surface area contributed by atoms with Crippen LogP contribution in [0.5, 0.6) is 0 Å². The zero-order valence-corrected chi connectivity index (χ0v) is 14.7. The molecule has 1 atom stereocenters. The number of likely N-dealkylation sites (tertiary alicyclic amines) is 1. The number of hydrogen-bond donors (Lipinski definition) is 1. The molecule has 0 aliphatic carbocycles. The molecule has 2 fully saturated rings. The summed E-state index contributed by atoms with van der Waals surface area (Å²) in [5, 5.41) is 3.26. The van der Waals surface area contributed by atoms with Crippen LogP contribution in [0.15, 0.2) is 0 Å². The molecule has 0 radical (unpaired) electrons. The zero-order chi connectivity index (χ0) is 15.7. The van der Waals surface area contributed by atoms with Crippen LogP contribution in [0.1, 0.15) is 47.0 Å². The topological polar surface area (TPSA) is 52.6 Å². The van der Waals surface area contributed by atoms with Crippen molar-refractivity contribution in [1.29, 1.82) is 0 Å². The van der Waals surface area contributed by atoms with E-state index in [1.165, 1.54) is 12.8 Å². The Labute approximate surface area is 130 Å². The molecule has 0 aromatic heterocycles. The fourth-order valence-corrected chi connectivity index (χ4v) is 5.16. The van der Waals surface area contributed by atoms with E-state index in [2.05, 4.69) is 24.1 Å². The Balaban J connectivity index is 2.16. The Hall–Kier alpha value is -0.170. The van der Waals surface area contributed by atoms with Gasteiger partial charge in [-0.3, -0.25) is 4.90 Å². The van der Waals surface area contributed by atoms with Crippen LogP contribution in [0.3, 0.4) is 0 Å². The highest BCUT2D eigenvalue weighted by atomic mass is 32.2. The van der Waals surface area contributed by atoms with Crippen LogP contribution in [-0.4, -0.2) is 67.2 Å². The molecular formula is C15H31N3O2S. The molecule has 0 bridgehead atoms. The van der Waals surface area contributed by atoms with Crippen LogP contribution in [-0.2, 0) is 10.0 Å². The number of sulfonamides is 1. The van der Waals surface area contributed by atoms with E-state index in [9.17, 15) is 8.42 Å². The molecule has 2 heterocycles. The number of rotatable bonds is 3. The number of nitrogens with one attached hydrogen (secondary N) is 1. The van der Waals surface area contributed by atoms with Crippen molar-refractivity contribution in [1.82, 2.24) is 14.5 Å². The van der Waals surface area contributed by atoms with Crippen molar-refractivity contribution in [3.63, 3.8) is 0 Å². The molecule has 124 valence electrons. The van der Waals surface area contributed by atoms with E-state index in [1.807, 2.05) is 13.8 Å². The second-order valence-corrected chi connectivity index (χ2v) is 9.85. The van der Waals surface area contributed by atoms with Crippen molar-refractivity contribution in [3.05, 3.63) is 0 Å². The Morgan fingerprint density at radius 2 is 1.95 bits per heavy atom. The molecule has 21 heavy (non-hydrogen) atoms. The van der Waals surface area contributed by atoms with Gasteiger partial charge in [0.2, 0.25) is 10.0 Å². The minimum atomic E-state index is -3.24. The van der Waals surface area contributed by atoms with Gasteiger partial charge in [0, 0.05) is 38.3 Å². The summed E-state index contributed by atoms with van der Waals surface area (Å²) in [7, 11) is -3.24. The van der Waals surface area contributed by atoms with Crippen molar-refractivity contribution < 1.29 is 8.42 Å². The van der Waals surface area contributed by atoms with E-state index in [1.54, 1.807) is 4.31 Å². The van der Waals surface area contributed by atoms with Crippen LogP contribution in [0.25, 0.3) is 0 Å². The molecule has 2 aliphatic rings. The molecule has 0 aromatic carbocycles. The molecular weight excluding hydrogens is 286 g/mol. The maximum Gasteiger partial charge on any atom is 0.220 e. The zero-order valence-electron chi connectivity index (χ0n) is 13.9. The van der Waals surface area contributed by atoms with Gasteiger partial charge in [0.15, 0.2) is 0 Å². The van der Waals surface area contributed by atoms with Crippen LogP contribution in [0.2, 0.25) is 0 Å². The Morgan fingerprint density at radius 1 is 1.24 bits per heavy atom. The highest BCUT2D eigenvalue weighted by molar-refractivity contribution is 7.90. The number of nitrogens with zero attached hydrogens (tertiary/aromatic N) is 2. The number of piperidine rings is 1. The van der Waals surface area contributed by atoms with Crippen molar-refractivity contribution in [2.24, 2.45) is 0 Å². The molecule has 2 rings (SSSR count). The lowest BCUT2D eigenvalue weighted by molar-refractivity contribution is 0.0965. The maximum atomic E-state index is 12.9. The van der Waals surface area contributed by atoms with Crippen LogP contribution in [0.4, 0.5) is 0 Å². The minimum absolute atomic E-state index is 0.363. The van der Waals surface area contributed by atoms with E-state index < -0.39 is 14.8 Å². The van der Waals surface area contributed by atoms with Crippen LogP contribution < -0.4 is 5.32 Å². The Bertz CT molecular complexity index is 448. The SMILES string of the molecule is CC(C)N1CCCCC1CN1CCNCC(C)(C)S1(=O)=O. The molecule has 2 aliphatic heterocycles. The molecule has 0 aromatic rings. The average Bonchev–Trinajstić information content (AvgIpc) is 2.50. The van der Waals surface area contributed by atoms with E-state index >= 15 is 0 Å². The van der Waals surface area contributed by atoms with Gasteiger partial charge in [-0.15, -0.1) is 0 Å². The van der Waals surface area contributed by atoms with Gasteiger partial charge in [-0.05, 0) is 47.1 Å². The lowest BCUT2D eigenvalue weighted by atomic mass is 10.0. The minimum Gasteiger partial charge on any atom is -0.314 e. The lowest BCUT2D eigenvalue weighted by Crippen LogP contribution is -2.53. The summed E-state index contributed by atoms with van der Waals surface area (Å²) in [4.78, 5) is 2.48. The third kappa shape index (κ3) is 3.60. The smallest absolute Gasteiger partial charge is 0.220 e. The van der Waals surface area contributed by atoms with Gasteiger partial charge in [0.1, 0.15) is 0 Å². The summed E-state index contributed by atoms with van der Waals surface area (Å²) in [5.74, 6) is 0. The second-order valence-electron chi connectivity index (χ2n) is 7.28. The van der Waals surface area contributed by atoms with Gasteiger partial charge in [-0.2, -0.15) is 4.31 Å². The van der Waals surface area contributed by atoms with Gasteiger partial charge >= 0.3 is 0 Å². The van der Waals surface area contributed by atoms with Crippen LogP contribution in [0, 0.1) is 0 Å². The van der Waals surface area contributed by atoms with E-state index in [0.717, 1.165) is 19.5 Å². The molecule has 0 spiro atoms. The first-order valence-electron chi connectivity index (χ1n) is 8.22. The van der Waals surface area contributed by atoms with E-state index in [-0.39, 0.29) is 0 Å². The summed E-state index contributed by atoms with van der Waals surface area (Å²) in [6.45, 7) is 11.7. The first kappa shape index (κ1) is 17.2. The van der Waals surface area contributed by atoms with Gasteiger partial charge in [0.05, 0.1) is 4.75 Å². The first-order chi connectivity index (χ1) is 9.75. The third-order valence-electron chi connectivity index (χ3n) is 4.88. The van der Waals surface area contributed by atoms with Gasteiger partial charge < -0.3 is 5.32 Å². The summed E-state index contributed by atoms with van der Waals surface area (Å²) in [5.41, 5.74) is 0. The van der Waals surface area contributed by atoms with Crippen LogP contribution >= 0.6 is 0 Å². The quantitative estimate of drug-likeness (QED) is 0.851. The Kier molecular flexibility index (Phi) is 5.34. The standard InChI is InChI=1S/C15H31N3O2S/c1-13(2)18-9-6-5-7-14(18)11-17-10-8-16-12-15(3,4)21(17,19)20/h13-14,16H,5-12H2,1-4H3. The highest BCUT2D eigenvalue weighted by Crippen LogP contribution is 2.26. The molecule has 0 saturated carbocycles. The fourth-order valence-electron chi connectivity index (χ4n) is 3.48. The maximum absolute atomic E-state index is 12.9. The molecule has 2 saturated heterocycles. The Morgan fingerprint density at radius 3 is 2.62 bits per heavy atom. The molecule has 1 N–H and O–H groups in total. The van der Waals surface area contributed by atoms with E-state index in [0.29, 0.717) is 31.7 Å². The second kappa shape index (κ2) is 6.52. The summed E-state index contributed by atoms with van der Waals surface area (Å²) >= 11 is 0. The normalized spacial score (nSPS) is 31.2. The molecule has 0 amide bonds. The summed E-state index contributed by atoms with van der Waals surface area (Å²) in [6, 6.07) is 0.846. The fraction of sp³-hybridized carbons (Fsp3) is 1.00. The highest BCUT2D eigenvalue weighted by Gasteiger charge is 2.42. The first-order valence-corrected chi connectivity index (χ1v) is 9.66. The van der Waals surface area contributed by atoms with Gasteiger partial charge in [0.25, 0.3) is 0 Å². The van der Waals surface area contributed by atoms with Crippen molar-refractivity contribution in [2.75, 3.05) is 32.7 Å². The van der Waals surface area contributed by atoms with Crippen molar-refractivity contribution in [3.8, 4) is 0 Å². The van der Waals surface area contributed by atoms with Crippen molar-refractivity contribution in [2.45, 2.75) is 63.8 Å². The van der Waals surface area contributed by atoms with Gasteiger partial charge in [-0.25, -0.2) is 8.42 Å². The van der Waals surface area contributed by atoms with E-state index in [4.69, 9.17) is 0 Å². The predicted octanol–water partition coefficient (Wildman–Crippen LogP) is 1.26. The third-order valence-corrected chi connectivity index (χ3v) is 7.43. The lowest BCUT2D eigenvalue weighted by Gasteiger charge is -2.41. The largest absolute Gasteiger partial charge is 0.314 e.